The maximum absolute atomic E-state index is 14.2. The Labute approximate surface area is 189 Å². The number of piperidine rings is 1. The lowest BCUT2D eigenvalue weighted by atomic mass is 10.1. The molecule has 0 amide bonds. The minimum atomic E-state index is -4.89. The van der Waals surface area contributed by atoms with Gasteiger partial charge >= 0.3 is 12.1 Å². The number of aromatic carboxylic acids is 1. The number of anilines is 2. The molecular formula is C22H19F5N4O3. The third-order valence-electron chi connectivity index (χ3n) is 5.62. The predicted octanol–water partition coefficient (Wildman–Crippen LogP) is 4.34. The fourth-order valence-electron chi connectivity index (χ4n) is 3.87. The zero-order valence-electron chi connectivity index (χ0n) is 17.5. The maximum atomic E-state index is 14.2. The standard InChI is InChI=1S/C22H19F5N4O3/c23-21(24)7-10-30(11-8-21)16-12-17(32)31-9-3-5-14(19(31)29-16)18(22(25,26)27)28-15-6-2-1-4-13(15)20(33)34/h1-6,9,12,18,28H,7-8,10-11H2,(H,33,34)/t18-/m0/s1. The highest BCUT2D eigenvalue weighted by molar-refractivity contribution is 5.94. The molecule has 0 saturated carbocycles. The van der Waals surface area contributed by atoms with Gasteiger partial charge in [-0.3, -0.25) is 9.20 Å². The highest BCUT2D eigenvalue weighted by Gasteiger charge is 2.43. The number of halogens is 5. The van der Waals surface area contributed by atoms with E-state index in [0.29, 0.717) is 0 Å². The van der Waals surface area contributed by atoms with Gasteiger partial charge in [-0.15, -0.1) is 0 Å². The number of rotatable bonds is 5. The van der Waals surface area contributed by atoms with Gasteiger partial charge in [0.25, 0.3) is 11.5 Å². The van der Waals surface area contributed by atoms with Crippen LogP contribution in [0.25, 0.3) is 5.65 Å². The zero-order chi connectivity index (χ0) is 24.7. The molecule has 4 rings (SSSR count). The molecule has 2 N–H and O–H groups in total. The van der Waals surface area contributed by atoms with Gasteiger partial charge in [0.1, 0.15) is 11.5 Å². The van der Waals surface area contributed by atoms with Crippen LogP contribution in [-0.2, 0) is 0 Å². The van der Waals surface area contributed by atoms with Crippen molar-refractivity contribution in [2.45, 2.75) is 31.0 Å². The van der Waals surface area contributed by atoms with Crippen LogP contribution in [0.15, 0.2) is 53.5 Å². The van der Waals surface area contributed by atoms with Crippen LogP contribution in [0.3, 0.4) is 0 Å². The van der Waals surface area contributed by atoms with Crippen LogP contribution in [0, 0.1) is 0 Å². The second-order valence-corrected chi connectivity index (χ2v) is 7.92. The van der Waals surface area contributed by atoms with Crippen molar-refractivity contribution in [1.82, 2.24) is 9.38 Å². The molecule has 0 radical (unpaired) electrons. The number of carbonyl (C=O) groups is 1. The Morgan fingerprint density at radius 2 is 1.79 bits per heavy atom. The molecule has 3 heterocycles. The second kappa shape index (κ2) is 8.58. The Kier molecular flexibility index (Phi) is 5.92. The van der Waals surface area contributed by atoms with Crippen molar-refractivity contribution in [2.24, 2.45) is 0 Å². The van der Waals surface area contributed by atoms with Gasteiger partial charge in [-0.25, -0.2) is 18.6 Å². The molecule has 2 aromatic heterocycles. The number of nitrogens with zero attached hydrogens (tertiary/aromatic N) is 3. The lowest BCUT2D eigenvalue weighted by Gasteiger charge is -2.32. The van der Waals surface area contributed by atoms with Crippen LogP contribution in [0.1, 0.15) is 34.8 Å². The van der Waals surface area contributed by atoms with Crippen molar-refractivity contribution in [3.8, 4) is 0 Å². The monoisotopic (exact) mass is 482 g/mol. The molecule has 1 fully saturated rings. The van der Waals surface area contributed by atoms with Gasteiger partial charge in [0.15, 0.2) is 6.04 Å². The number of fused-ring (bicyclic) bond motifs is 1. The lowest BCUT2D eigenvalue weighted by Crippen LogP contribution is -2.40. The summed E-state index contributed by atoms with van der Waals surface area (Å²) in [6.45, 7) is -0.213. The number of carboxylic acid groups (broad SMARTS) is 1. The number of hydrogen-bond donors (Lipinski definition) is 2. The average Bonchev–Trinajstić information content (AvgIpc) is 2.76. The van der Waals surface area contributed by atoms with Gasteiger partial charge in [0.05, 0.1) is 5.56 Å². The lowest BCUT2D eigenvalue weighted by molar-refractivity contribution is -0.143. The van der Waals surface area contributed by atoms with Crippen molar-refractivity contribution in [3.05, 3.63) is 70.1 Å². The number of alkyl halides is 5. The van der Waals surface area contributed by atoms with E-state index in [1.807, 2.05) is 0 Å². The molecule has 180 valence electrons. The van der Waals surface area contributed by atoms with E-state index < -0.39 is 48.1 Å². The molecule has 34 heavy (non-hydrogen) atoms. The average molecular weight is 482 g/mol. The van der Waals surface area contributed by atoms with Crippen molar-refractivity contribution >= 4 is 23.1 Å². The number of para-hydroxylation sites is 1. The Bertz CT molecular complexity index is 1280. The summed E-state index contributed by atoms with van der Waals surface area (Å²) >= 11 is 0. The van der Waals surface area contributed by atoms with Gasteiger partial charge in [0.2, 0.25) is 0 Å². The molecule has 0 unspecified atom stereocenters. The summed E-state index contributed by atoms with van der Waals surface area (Å²) in [5.74, 6) is -4.27. The van der Waals surface area contributed by atoms with Crippen LogP contribution >= 0.6 is 0 Å². The van der Waals surface area contributed by atoms with E-state index in [2.05, 4.69) is 10.3 Å². The zero-order valence-corrected chi connectivity index (χ0v) is 17.5. The molecule has 7 nitrogen and oxygen atoms in total. The Morgan fingerprint density at radius 3 is 2.44 bits per heavy atom. The molecule has 0 bridgehead atoms. The fraction of sp³-hybridized carbons (Fsp3) is 0.318. The topological polar surface area (TPSA) is 86.9 Å². The van der Waals surface area contributed by atoms with Gasteiger partial charge in [-0.1, -0.05) is 18.2 Å². The van der Waals surface area contributed by atoms with E-state index in [-0.39, 0.29) is 35.8 Å². The minimum absolute atomic E-state index is 0.000175. The van der Waals surface area contributed by atoms with Crippen molar-refractivity contribution in [3.63, 3.8) is 0 Å². The van der Waals surface area contributed by atoms with Gasteiger partial charge in [-0.2, -0.15) is 13.2 Å². The Balaban J connectivity index is 1.82. The third kappa shape index (κ3) is 4.66. The maximum Gasteiger partial charge on any atom is 0.412 e. The minimum Gasteiger partial charge on any atom is -0.478 e. The fourth-order valence-corrected chi connectivity index (χ4v) is 3.87. The number of carboxylic acids is 1. The summed E-state index contributed by atoms with van der Waals surface area (Å²) in [4.78, 5) is 29.8. The number of hydrogen-bond acceptors (Lipinski definition) is 5. The van der Waals surface area contributed by atoms with Gasteiger partial charge in [-0.05, 0) is 18.2 Å². The van der Waals surface area contributed by atoms with Crippen LogP contribution in [-0.4, -0.2) is 45.6 Å². The third-order valence-corrected chi connectivity index (χ3v) is 5.62. The first-order chi connectivity index (χ1) is 16.0. The smallest absolute Gasteiger partial charge is 0.412 e. The summed E-state index contributed by atoms with van der Waals surface area (Å²) in [6, 6.07) is 6.19. The number of nitrogens with one attached hydrogen (secondary N) is 1. The molecule has 3 aromatic rings. The Morgan fingerprint density at radius 1 is 1.12 bits per heavy atom. The van der Waals surface area contributed by atoms with Crippen LogP contribution in [0.4, 0.5) is 33.5 Å². The van der Waals surface area contributed by atoms with Crippen molar-refractivity contribution in [1.29, 1.82) is 0 Å². The summed E-state index contributed by atoms with van der Waals surface area (Å²) in [6.07, 6.45) is -4.57. The Hall–Kier alpha value is -3.70. The predicted molar refractivity (Wildman–Crippen MR) is 114 cm³/mol. The van der Waals surface area contributed by atoms with E-state index >= 15 is 0 Å². The van der Waals surface area contributed by atoms with Gasteiger partial charge in [0, 0.05) is 49.4 Å². The highest BCUT2D eigenvalue weighted by Crippen LogP contribution is 2.38. The summed E-state index contributed by atoms with van der Waals surface area (Å²) in [5, 5.41) is 11.6. The number of benzene rings is 1. The molecule has 1 aliphatic heterocycles. The molecular weight excluding hydrogens is 463 g/mol. The first-order valence-corrected chi connectivity index (χ1v) is 10.3. The van der Waals surface area contributed by atoms with Gasteiger partial charge < -0.3 is 15.3 Å². The molecule has 1 saturated heterocycles. The molecule has 0 aliphatic carbocycles. The number of aromatic nitrogens is 2. The highest BCUT2D eigenvalue weighted by atomic mass is 19.4. The van der Waals surface area contributed by atoms with Crippen LogP contribution in [0.5, 0.6) is 0 Å². The molecule has 12 heteroatoms. The van der Waals surface area contributed by atoms with E-state index in [4.69, 9.17) is 0 Å². The van der Waals surface area contributed by atoms with Crippen molar-refractivity contribution in [2.75, 3.05) is 23.3 Å². The molecule has 1 aromatic carbocycles. The van der Waals surface area contributed by atoms with E-state index in [9.17, 15) is 36.6 Å². The van der Waals surface area contributed by atoms with E-state index in [0.717, 1.165) is 22.6 Å². The normalized spacial score (nSPS) is 16.9. The summed E-state index contributed by atoms with van der Waals surface area (Å²) < 4.78 is 70.5. The number of pyridine rings is 1. The van der Waals surface area contributed by atoms with Crippen molar-refractivity contribution < 1.29 is 31.9 Å². The van der Waals surface area contributed by atoms with Crippen LogP contribution in [0.2, 0.25) is 0 Å². The molecule has 1 atom stereocenters. The second-order valence-electron chi connectivity index (χ2n) is 7.92. The molecule has 0 spiro atoms. The summed E-state index contributed by atoms with van der Waals surface area (Å²) in [7, 11) is 0. The first-order valence-electron chi connectivity index (χ1n) is 10.3. The molecule has 1 aliphatic rings. The SMILES string of the molecule is O=C(O)c1ccccc1N[C@@H](c1cccn2c(=O)cc(N3CCC(F)(F)CC3)nc12)C(F)(F)F. The van der Waals surface area contributed by atoms with E-state index in [1.54, 1.807) is 0 Å². The summed E-state index contributed by atoms with van der Waals surface area (Å²) in [5.41, 5.74) is -2.04. The largest absolute Gasteiger partial charge is 0.478 e. The quantitative estimate of drug-likeness (QED) is 0.526. The first kappa shape index (κ1) is 23.5. The van der Waals surface area contributed by atoms with Crippen LogP contribution < -0.4 is 15.8 Å². The van der Waals surface area contributed by atoms with E-state index in [1.165, 1.54) is 35.4 Å².